The van der Waals surface area contributed by atoms with Crippen LogP contribution < -0.4 is 9.46 Å². The molecule has 1 aliphatic carbocycles. The average Bonchev–Trinajstić information content (AvgIpc) is 2.60. The molecule has 0 aromatic heterocycles. The van der Waals surface area contributed by atoms with Crippen LogP contribution in [0.1, 0.15) is 29.5 Å². The number of nitrogens with one attached hydrogen (secondary N) is 1. The van der Waals surface area contributed by atoms with Gasteiger partial charge in [-0.15, -0.1) is 0 Å². The Labute approximate surface area is 152 Å². The number of fused-ring (bicyclic) bond motifs is 1. The average molecular weight is 375 g/mol. The monoisotopic (exact) mass is 375 g/mol. The fourth-order valence-corrected chi connectivity index (χ4v) is 4.35. The summed E-state index contributed by atoms with van der Waals surface area (Å²) in [7, 11) is -3.74. The Morgan fingerprint density at radius 1 is 1.19 bits per heavy atom. The van der Waals surface area contributed by atoms with Gasteiger partial charge in [0.15, 0.2) is 6.61 Å². The Bertz CT molecular complexity index is 937. The summed E-state index contributed by atoms with van der Waals surface area (Å²) in [6, 6.07) is 10.1. The van der Waals surface area contributed by atoms with Gasteiger partial charge in [-0.05, 0) is 73.6 Å². The van der Waals surface area contributed by atoms with E-state index in [0.29, 0.717) is 17.0 Å². The Morgan fingerprint density at radius 3 is 2.69 bits per heavy atom. The molecule has 2 aromatic rings. The second-order valence-corrected chi connectivity index (χ2v) is 8.05. The normalized spacial score (nSPS) is 13.7. The molecule has 0 heterocycles. The Kier molecular flexibility index (Phi) is 5.18. The molecule has 0 spiro atoms. The summed E-state index contributed by atoms with van der Waals surface area (Å²) >= 11 is 0. The number of anilines is 1. The lowest BCUT2D eigenvalue weighted by Crippen LogP contribution is -2.16. The summed E-state index contributed by atoms with van der Waals surface area (Å²) in [6.07, 6.45) is 4.02. The van der Waals surface area contributed by atoms with Gasteiger partial charge in [0.1, 0.15) is 5.75 Å². The first-order valence-electron chi connectivity index (χ1n) is 8.45. The third kappa shape index (κ3) is 3.99. The van der Waals surface area contributed by atoms with Crippen molar-refractivity contribution in [1.82, 2.24) is 0 Å². The molecule has 0 saturated heterocycles. The predicted molar refractivity (Wildman–Crippen MR) is 98.2 cm³/mol. The molecular weight excluding hydrogens is 354 g/mol. The number of ether oxygens (including phenoxy) is 1. The minimum absolute atomic E-state index is 0.117. The quantitative estimate of drug-likeness (QED) is 0.809. The van der Waals surface area contributed by atoms with Crippen molar-refractivity contribution < 1.29 is 23.1 Å². The van der Waals surface area contributed by atoms with Crippen LogP contribution in [-0.2, 0) is 27.7 Å². The fraction of sp³-hybridized carbons (Fsp3) is 0.316. The molecule has 7 heteroatoms. The molecule has 0 aliphatic heterocycles. The van der Waals surface area contributed by atoms with Gasteiger partial charge in [-0.1, -0.05) is 12.1 Å². The Balaban J connectivity index is 1.85. The number of hydrogen-bond donors (Lipinski definition) is 2. The first kappa shape index (κ1) is 18.3. The van der Waals surface area contributed by atoms with Crippen molar-refractivity contribution in [3.05, 3.63) is 53.1 Å². The Hall–Kier alpha value is -2.54. The maximum absolute atomic E-state index is 12.8. The van der Waals surface area contributed by atoms with E-state index in [1.165, 1.54) is 23.8 Å². The van der Waals surface area contributed by atoms with Crippen molar-refractivity contribution in [1.29, 1.82) is 0 Å². The highest BCUT2D eigenvalue weighted by atomic mass is 32.2. The molecular formula is C19H21NO5S. The van der Waals surface area contributed by atoms with E-state index in [4.69, 9.17) is 9.84 Å². The third-order valence-corrected chi connectivity index (χ3v) is 5.81. The van der Waals surface area contributed by atoms with E-state index in [1.807, 2.05) is 12.1 Å². The van der Waals surface area contributed by atoms with E-state index >= 15 is 0 Å². The molecule has 0 atom stereocenters. The summed E-state index contributed by atoms with van der Waals surface area (Å²) in [6.45, 7) is 1.21. The molecule has 138 valence electrons. The zero-order chi connectivity index (χ0) is 18.7. The minimum Gasteiger partial charge on any atom is -0.482 e. The van der Waals surface area contributed by atoms with Crippen LogP contribution in [0.5, 0.6) is 5.75 Å². The molecule has 6 nitrogen and oxygen atoms in total. The number of carboxylic acid groups (broad SMARTS) is 1. The molecule has 26 heavy (non-hydrogen) atoms. The van der Waals surface area contributed by atoms with Crippen molar-refractivity contribution in [2.75, 3.05) is 11.3 Å². The predicted octanol–water partition coefficient (Wildman–Crippen LogP) is 3.14. The molecule has 0 saturated carbocycles. The van der Waals surface area contributed by atoms with Gasteiger partial charge in [-0.3, -0.25) is 4.72 Å². The molecule has 1 aliphatic rings. The summed E-state index contributed by atoms with van der Waals surface area (Å²) < 4.78 is 33.4. The van der Waals surface area contributed by atoms with Crippen LogP contribution in [-0.4, -0.2) is 26.1 Å². The molecule has 0 radical (unpaired) electrons. The lowest BCUT2D eigenvalue weighted by atomic mass is 9.91. The van der Waals surface area contributed by atoms with E-state index < -0.39 is 22.6 Å². The number of benzene rings is 2. The van der Waals surface area contributed by atoms with Crippen LogP contribution in [0.4, 0.5) is 5.69 Å². The number of sulfonamides is 1. The van der Waals surface area contributed by atoms with Crippen molar-refractivity contribution in [3.63, 3.8) is 0 Å². The summed E-state index contributed by atoms with van der Waals surface area (Å²) in [4.78, 5) is 10.7. The second kappa shape index (κ2) is 7.37. The Morgan fingerprint density at radius 2 is 1.96 bits per heavy atom. The SMILES string of the molecule is Cc1cc(S(=O)(=O)Nc2cccc3c2CCCC3)ccc1OCC(=O)O. The highest BCUT2D eigenvalue weighted by Crippen LogP contribution is 2.30. The van der Waals surface area contributed by atoms with Gasteiger partial charge in [-0.2, -0.15) is 0 Å². The van der Waals surface area contributed by atoms with E-state index in [0.717, 1.165) is 31.2 Å². The van der Waals surface area contributed by atoms with Gasteiger partial charge >= 0.3 is 5.97 Å². The van der Waals surface area contributed by atoms with Gasteiger partial charge in [-0.25, -0.2) is 13.2 Å². The number of hydrogen-bond acceptors (Lipinski definition) is 4. The first-order chi connectivity index (χ1) is 12.4. The van der Waals surface area contributed by atoms with Gasteiger partial charge in [0, 0.05) is 0 Å². The fourth-order valence-electron chi connectivity index (χ4n) is 3.17. The van der Waals surface area contributed by atoms with E-state index in [2.05, 4.69) is 4.72 Å². The van der Waals surface area contributed by atoms with Crippen LogP contribution >= 0.6 is 0 Å². The van der Waals surface area contributed by atoms with Crippen molar-refractivity contribution in [2.45, 2.75) is 37.5 Å². The molecule has 2 aromatic carbocycles. The highest BCUT2D eigenvalue weighted by Gasteiger charge is 2.20. The first-order valence-corrected chi connectivity index (χ1v) is 9.94. The van der Waals surface area contributed by atoms with Crippen molar-refractivity contribution in [3.8, 4) is 5.75 Å². The summed E-state index contributed by atoms with van der Waals surface area (Å²) in [5, 5.41) is 8.68. The third-order valence-electron chi connectivity index (χ3n) is 4.45. The van der Waals surface area contributed by atoms with Gasteiger partial charge < -0.3 is 9.84 Å². The lowest BCUT2D eigenvalue weighted by molar-refractivity contribution is -0.139. The number of aryl methyl sites for hydroxylation is 2. The van der Waals surface area contributed by atoms with Gasteiger partial charge in [0.25, 0.3) is 10.0 Å². The second-order valence-electron chi connectivity index (χ2n) is 6.37. The molecule has 0 unspecified atom stereocenters. The molecule has 0 bridgehead atoms. The van der Waals surface area contributed by atoms with Crippen LogP contribution in [0.3, 0.4) is 0 Å². The molecule has 0 amide bonds. The van der Waals surface area contributed by atoms with Gasteiger partial charge in [0.2, 0.25) is 0 Å². The number of carbonyl (C=O) groups is 1. The van der Waals surface area contributed by atoms with Crippen LogP contribution in [0.2, 0.25) is 0 Å². The van der Waals surface area contributed by atoms with E-state index in [1.54, 1.807) is 13.0 Å². The maximum atomic E-state index is 12.8. The topological polar surface area (TPSA) is 92.7 Å². The molecule has 0 fully saturated rings. The van der Waals surface area contributed by atoms with Crippen molar-refractivity contribution >= 4 is 21.7 Å². The lowest BCUT2D eigenvalue weighted by Gasteiger charge is -2.20. The maximum Gasteiger partial charge on any atom is 0.341 e. The molecule has 3 rings (SSSR count). The zero-order valence-electron chi connectivity index (χ0n) is 14.5. The van der Waals surface area contributed by atoms with Gasteiger partial charge in [0.05, 0.1) is 10.6 Å². The standard InChI is InChI=1S/C19H21NO5S/c1-13-11-15(9-10-18(13)25-12-19(21)22)26(23,24)20-17-8-4-6-14-5-2-3-7-16(14)17/h4,6,8-11,20H,2-3,5,7,12H2,1H3,(H,21,22). The largest absolute Gasteiger partial charge is 0.482 e. The zero-order valence-corrected chi connectivity index (χ0v) is 15.3. The summed E-state index contributed by atoms with van der Waals surface area (Å²) in [5.74, 6) is -0.736. The molecule has 2 N–H and O–H groups in total. The van der Waals surface area contributed by atoms with Crippen LogP contribution in [0, 0.1) is 6.92 Å². The van der Waals surface area contributed by atoms with Crippen LogP contribution in [0.25, 0.3) is 0 Å². The van der Waals surface area contributed by atoms with Crippen molar-refractivity contribution in [2.24, 2.45) is 0 Å². The number of aliphatic carboxylic acids is 1. The summed E-state index contributed by atoms with van der Waals surface area (Å²) in [5.41, 5.74) is 3.46. The highest BCUT2D eigenvalue weighted by molar-refractivity contribution is 7.92. The smallest absolute Gasteiger partial charge is 0.341 e. The number of carboxylic acids is 1. The van der Waals surface area contributed by atoms with E-state index in [-0.39, 0.29) is 4.90 Å². The number of rotatable bonds is 6. The van der Waals surface area contributed by atoms with Crippen LogP contribution in [0.15, 0.2) is 41.3 Å². The minimum atomic E-state index is -3.74. The van der Waals surface area contributed by atoms with E-state index in [9.17, 15) is 13.2 Å².